The molecule has 0 atom stereocenters. The molecule has 0 spiro atoms. The second-order valence-electron chi connectivity index (χ2n) is 4.04. The number of amides is 1. The van der Waals surface area contributed by atoms with Crippen LogP contribution in [0.15, 0.2) is 18.2 Å². The summed E-state index contributed by atoms with van der Waals surface area (Å²) in [6.45, 7) is -0.166. The van der Waals surface area contributed by atoms with E-state index in [4.69, 9.17) is 4.74 Å². The fourth-order valence-corrected chi connectivity index (χ4v) is 1.55. The van der Waals surface area contributed by atoms with Crippen LogP contribution in [0.2, 0.25) is 0 Å². The number of carbonyl (C=O) groups is 1. The highest BCUT2D eigenvalue weighted by Crippen LogP contribution is 2.29. The molecular formula is C13H19ClF2N2O3. The van der Waals surface area contributed by atoms with E-state index in [-0.39, 0.29) is 36.3 Å². The Kier molecular flexibility index (Phi) is 9.60. The second-order valence-corrected chi connectivity index (χ2v) is 4.04. The van der Waals surface area contributed by atoms with Gasteiger partial charge in [0.15, 0.2) is 0 Å². The van der Waals surface area contributed by atoms with Gasteiger partial charge in [0.25, 0.3) is 0 Å². The summed E-state index contributed by atoms with van der Waals surface area (Å²) in [6, 6.07) is 4.67. The van der Waals surface area contributed by atoms with Crippen molar-refractivity contribution in [1.82, 2.24) is 5.32 Å². The maximum atomic E-state index is 12.3. The van der Waals surface area contributed by atoms with Crippen molar-refractivity contribution >= 4 is 24.0 Å². The second kappa shape index (κ2) is 10.3. The van der Waals surface area contributed by atoms with E-state index in [1.165, 1.54) is 6.07 Å². The number of rotatable bonds is 8. The van der Waals surface area contributed by atoms with Gasteiger partial charge < -0.3 is 20.1 Å². The highest BCUT2D eigenvalue weighted by Gasteiger charge is 2.13. The van der Waals surface area contributed by atoms with Crippen LogP contribution in [0, 0.1) is 6.92 Å². The molecule has 0 saturated carbocycles. The van der Waals surface area contributed by atoms with E-state index < -0.39 is 6.61 Å². The lowest BCUT2D eigenvalue weighted by atomic mass is 10.2. The Morgan fingerprint density at radius 2 is 2.10 bits per heavy atom. The van der Waals surface area contributed by atoms with Crippen LogP contribution in [0.1, 0.15) is 5.56 Å². The number of ether oxygens (including phenoxy) is 2. The number of para-hydroxylation sites is 1. The van der Waals surface area contributed by atoms with Crippen LogP contribution in [0.25, 0.3) is 0 Å². The van der Waals surface area contributed by atoms with Gasteiger partial charge in [-0.1, -0.05) is 12.1 Å². The lowest BCUT2D eigenvalue weighted by molar-refractivity contribution is -0.115. The summed E-state index contributed by atoms with van der Waals surface area (Å²) in [5, 5.41) is 5.42. The summed E-state index contributed by atoms with van der Waals surface area (Å²) in [6.07, 6.45) is 0. The molecule has 0 saturated heterocycles. The van der Waals surface area contributed by atoms with Gasteiger partial charge in [0.1, 0.15) is 5.75 Å². The van der Waals surface area contributed by atoms with E-state index in [1.54, 1.807) is 26.2 Å². The molecular weight excluding hydrogens is 306 g/mol. The van der Waals surface area contributed by atoms with Crippen molar-refractivity contribution in [1.29, 1.82) is 0 Å². The Morgan fingerprint density at radius 1 is 1.38 bits per heavy atom. The van der Waals surface area contributed by atoms with Crippen LogP contribution in [0.4, 0.5) is 14.5 Å². The molecule has 0 radical (unpaired) electrons. The first kappa shape index (κ1) is 19.6. The molecule has 120 valence electrons. The van der Waals surface area contributed by atoms with Gasteiger partial charge in [-0.3, -0.25) is 4.79 Å². The number of hydrogen-bond donors (Lipinski definition) is 2. The molecule has 8 heteroatoms. The zero-order valence-corrected chi connectivity index (χ0v) is 12.6. The Labute approximate surface area is 128 Å². The molecule has 21 heavy (non-hydrogen) atoms. The smallest absolute Gasteiger partial charge is 0.387 e. The van der Waals surface area contributed by atoms with Gasteiger partial charge in [-0.2, -0.15) is 8.78 Å². The van der Waals surface area contributed by atoms with Gasteiger partial charge in [-0.05, 0) is 18.6 Å². The SMILES string of the molecule is COCCNCC(=O)Nc1c(C)cccc1OC(F)F.Cl. The first-order chi connectivity index (χ1) is 9.54. The zero-order chi connectivity index (χ0) is 15.0. The third-order valence-corrected chi connectivity index (χ3v) is 2.48. The maximum Gasteiger partial charge on any atom is 0.387 e. The van der Waals surface area contributed by atoms with E-state index in [0.717, 1.165) is 0 Å². The highest BCUT2D eigenvalue weighted by molar-refractivity contribution is 5.94. The lowest BCUT2D eigenvalue weighted by Crippen LogP contribution is -2.30. The molecule has 0 bridgehead atoms. The molecule has 0 aliphatic heterocycles. The number of nitrogens with one attached hydrogen (secondary N) is 2. The minimum absolute atomic E-state index is 0. The quantitative estimate of drug-likeness (QED) is 0.720. The fourth-order valence-electron chi connectivity index (χ4n) is 1.55. The number of hydrogen-bond acceptors (Lipinski definition) is 4. The molecule has 1 amide bonds. The van der Waals surface area contributed by atoms with Crippen LogP contribution >= 0.6 is 12.4 Å². The number of benzene rings is 1. The standard InChI is InChI=1S/C13H18F2N2O3.ClH/c1-9-4-3-5-10(20-13(14)15)12(9)17-11(18)8-16-6-7-19-2;/h3-5,13,16H,6-8H2,1-2H3,(H,17,18);1H. The van der Waals surface area contributed by atoms with E-state index in [2.05, 4.69) is 15.4 Å². The van der Waals surface area contributed by atoms with Crippen molar-refractivity contribution < 1.29 is 23.0 Å². The number of methoxy groups -OCH3 is 1. The van der Waals surface area contributed by atoms with Crippen molar-refractivity contribution in [3.05, 3.63) is 23.8 Å². The Morgan fingerprint density at radius 3 is 2.71 bits per heavy atom. The van der Waals surface area contributed by atoms with E-state index in [0.29, 0.717) is 18.7 Å². The molecule has 1 aromatic rings. The summed E-state index contributed by atoms with van der Waals surface area (Å²) < 4.78 is 33.8. The van der Waals surface area contributed by atoms with Gasteiger partial charge in [0, 0.05) is 13.7 Å². The van der Waals surface area contributed by atoms with Gasteiger partial charge in [-0.25, -0.2) is 0 Å². The van der Waals surface area contributed by atoms with Crippen LogP contribution in [-0.4, -0.2) is 39.3 Å². The number of carbonyl (C=O) groups excluding carboxylic acids is 1. The first-order valence-electron chi connectivity index (χ1n) is 6.08. The molecule has 0 aromatic heterocycles. The number of anilines is 1. The van der Waals surface area contributed by atoms with Crippen LogP contribution in [0.3, 0.4) is 0 Å². The predicted molar refractivity (Wildman–Crippen MR) is 78.4 cm³/mol. The molecule has 0 aliphatic carbocycles. The monoisotopic (exact) mass is 324 g/mol. The average Bonchev–Trinajstić information content (AvgIpc) is 2.38. The van der Waals surface area contributed by atoms with Crippen molar-refractivity contribution in [3.8, 4) is 5.75 Å². The van der Waals surface area contributed by atoms with Gasteiger partial charge in [0.05, 0.1) is 18.8 Å². The molecule has 1 rings (SSSR count). The normalized spacial score (nSPS) is 10.1. The predicted octanol–water partition coefficient (Wildman–Crippen LogP) is 2.19. The molecule has 0 fully saturated rings. The van der Waals surface area contributed by atoms with Crippen molar-refractivity contribution in [2.45, 2.75) is 13.5 Å². The lowest BCUT2D eigenvalue weighted by Gasteiger charge is -2.14. The number of alkyl halides is 2. The number of halogens is 3. The summed E-state index contributed by atoms with van der Waals surface area (Å²) in [5.41, 5.74) is 0.903. The van der Waals surface area contributed by atoms with E-state index in [9.17, 15) is 13.6 Å². The number of aryl methyl sites for hydroxylation is 1. The summed E-state index contributed by atoms with van der Waals surface area (Å²) in [5.74, 6) is -0.389. The van der Waals surface area contributed by atoms with Gasteiger partial charge in [0.2, 0.25) is 5.91 Å². The molecule has 2 N–H and O–H groups in total. The van der Waals surface area contributed by atoms with Crippen LogP contribution in [0.5, 0.6) is 5.75 Å². The third-order valence-electron chi connectivity index (χ3n) is 2.48. The highest BCUT2D eigenvalue weighted by atomic mass is 35.5. The molecule has 0 aliphatic rings. The summed E-state index contributed by atoms with van der Waals surface area (Å²) in [7, 11) is 1.56. The van der Waals surface area contributed by atoms with Crippen molar-refractivity contribution in [2.75, 3.05) is 32.1 Å². The van der Waals surface area contributed by atoms with Crippen LogP contribution in [-0.2, 0) is 9.53 Å². The Hall–Kier alpha value is -1.44. The van der Waals surface area contributed by atoms with E-state index in [1.807, 2.05) is 0 Å². The van der Waals surface area contributed by atoms with Crippen molar-refractivity contribution in [2.24, 2.45) is 0 Å². The largest absolute Gasteiger partial charge is 0.433 e. The minimum Gasteiger partial charge on any atom is -0.433 e. The maximum absolute atomic E-state index is 12.3. The molecule has 0 heterocycles. The van der Waals surface area contributed by atoms with Crippen molar-refractivity contribution in [3.63, 3.8) is 0 Å². The topological polar surface area (TPSA) is 59.6 Å². The average molecular weight is 325 g/mol. The molecule has 0 unspecified atom stereocenters. The van der Waals surface area contributed by atoms with Crippen LogP contribution < -0.4 is 15.4 Å². The third kappa shape index (κ3) is 7.22. The molecule has 1 aromatic carbocycles. The summed E-state index contributed by atoms with van der Waals surface area (Å²) in [4.78, 5) is 11.7. The van der Waals surface area contributed by atoms with Gasteiger partial charge in [-0.15, -0.1) is 12.4 Å². The first-order valence-corrected chi connectivity index (χ1v) is 6.08. The van der Waals surface area contributed by atoms with Gasteiger partial charge >= 0.3 is 6.61 Å². The fraction of sp³-hybridized carbons (Fsp3) is 0.462. The zero-order valence-electron chi connectivity index (χ0n) is 11.8. The molecule has 5 nitrogen and oxygen atoms in total. The summed E-state index contributed by atoms with van der Waals surface area (Å²) >= 11 is 0. The Bertz CT molecular complexity index is 447. The van der Waals surface area contributed by atoms with E-state index >= 15 is 0 Å². The minimum atomic E-state index is -2.94. The Balaban J connectivity index is 0.00000400.